The molecule has 1 aromatic carbocycles. The van der Waals surface area contributed by atoms with Gasteiger partial charge < -0.3 is 10.6 Å². The van der Waals surface area contributed by atoms with Crippen molar-refractivity contribution in [3.05, 3.63) is 35.9 Å². The zero-order valence-electron chi connectivity index (χ0n) is 15.4. The summed E-state index contributed by atoms with van der Waals surface area (Å²) >= 11 is 0. The summed E-state index contributed by atoms with van der Waals surface area (Å²) in [5, 5.41) is 11.2. The van der Waals surface area contributed by atoms with Gasteiger partial charge in [0.15, 0.2) is 5.96 Å². The molecule has 0 aliphatic carbocycles. The molecule has 1 rings (SSSR count). The fourth-order valence-corrected chi connectivity index (χ4v) is 2.99. The van der Waals surface area contributed by atoms with Crippen LogP contribution < -0.4 is 15.8 Å². The Morgan fingerprint density at radius 3 is 2.32 bits per heavy atom. The summed E-state index contributed by atoms with van der Waals surface area (Å²) in [5.74, 6) is 0.467. The fraction of sp³-hybridized carbons (Fsp3) is 0.588. The van der Waals surface area contributed by atoms with Crippen LogP contribution in [0.2, 0.25) is 0 Å². The highest BCUT2D eigenvalue weighted by atomic mass is 32.2. The molecule has 0 spiro atoms. The molecule has 7 nitrogen and oxygen atoms in total. The van der Waals surface area contributed by atoms with Gasteiger partial charge in [0, 0.05) is 13.1 Å². The molecule has 8 heteroatoms. The minimum atomic E-state index is -3.48. The number of nitrogens with two attached hydrogens (primary N) is 1. The number of rotatable bonds is 10. The molecule has 4 N–H and O–H groups in total. The Balaban J connectivity index is 2.85. The van der Waals surface area contributed by atoms with Gasteiger partial charge in [0.1, 0.15) is 0 Å². The summed E-state index contributed by atoms with van der Waals surface area (Å²) in [7, 11) is -3.48. The van der Waals surface area contributed by atoms with Gasteiger partial charge in [-0.25, -0.2) is 13.6 Å². The van der Waals surface area contributed by atoms with E-state index in [0.717, 1.165) is 13.1 Å². The first kappa shape index (κ1) is 21.4. The van der Waals surface area contributed by atoms with Gasteiger partial charge in [0.05, 0.1) is 18.3 Å². The highest BCUT2D eigenvalue weighted by Crippen LogP contribution is 2.20. The fourth-order valence-electron chi connectivity index (χ4n) is 2.60. The Kier molecular flexibility index (Phi) is 9.48. The van der Waals surface area contributed by atoms with Crippen molar-refractivity contribution in [3.8, 4) is 0 Å². The molecule has 0 aromatic heterocycles. The number of primary sulfonamides is 1. The van der Waals surface area contributed by atoms with E-state index in [2.05, 4.69) is 46.5 Å². The summed E-state index contributed by atoms with van der Waals surface area (Å²) in [5.41, 5.74) is 1.22. The van der Waals surface area contributed by atoms with Crippen LogP contribution in [0.4, 0.5) is 0 Å². The van der Waals surface area contributed by atoms with E-state index in [-0.39, 0.29) is 18.3 Å². The maximum absolute atomic E-state index is 11.1. The van der Waals surface area contributed by atoms with Gasteiger partial charge in [0.25, 0.3) is 0 Å². The average Bonchev–Trinajstić information content (AvgIpc) is 2.58. The molecule has 0 heterocycles. The molecule has 0 aliphatic heterocycles. The van der Waals surface area contributed by atoms with E-state index in [1.165, 1.54) is 5.56 Å². The van der Waals surface area contributed by atoms with Gasteiger partial charge in [-0.15, -0.1) is 0 Å². The van der Waals surface area contributed by atoms with Crippen LogP contribution in [-0.2, 0) is 10.0 Å². The van der Waals surface area contributed by atoms with Gasteiger partial charge in [-0.2, -0.15) is 0 Å². The van der Waals surface area contributed by atoms with Gasteiger partial charge in [0.2, 0.25) is 10.0 Å². The molecule has 0 amide bonds. The predicted octanol–water partition coefficient (Wildman–Crippen LogP) is 0.913. The molecule has 142 valence electrons. The lowest BCUT2D eigenvalue weighted by Gasteiger charge is -2.29. The van der Waals surface area contributed by atoms with Crippen LogP contribution in [0.15, 0.2) is 35.3 Å². The average molecular weight is 370 g/mol. The van der Waals surface area contributed by atoms with Crippen LogP contribution in [0.5, 0.6) is 0 Å². The first-order valence-corrected chi connectivity index (χ1v) is 10.4. The number of sulfonamides is 1. The molecular formula is C17H31N5O2S. The monoisotopic (exact) mass is 369 g/mol. The second-order valence-electron chi connectivity index (χ2n) is 5.66. The van der Waals surface area contributed by atoms with Crippen molar-refractivity contribution in [2.75, 3.05) is 38.5 Å². The normalized spacial score (nSPS) is 13.7. The van der Waals surface area contributed by atoms with E-state index in [1.54, 1.807) is 0 Å². The smallest absolute Gasteiger partial charge is 0.210 e. The zero-order valence-corrected chi connectivity index (χ0v) is 16.2. The van der Waals surface area contributed by atoms with Crippen molar-refractivity contribution in [2.24, 2.45) is 10.1 Å². The van der Waals surface area contributed by atoms with Crippen LogP contribution in [0.1, 0.15) is 32.4 Å². The molecule has 0 saturated heterocycles. The molecule has 0 fully saturated rings. The highest BCUT2D eigenvalue weighted by molar-refractivity contribution is 7.89. The predicted molar refractivity (Wildman–Crippen MR) is 104 cm³/mol. The lowest BCUT2D eigenvalue weighted by Crippen LogP contribution is -2.41. The van der Waals surface area contributed by atoms with E-state index in [0.29, 0.717) is 19.0 Å². The van der Waals surface area contributed by atoms with Crippen molar-refractivity contribution in [2.45, 2.75) is 26.8 Å². The van der Waals surface area contributed by atoms with Gasteiger partial charge in [-0.1, -0.05) is 44.2 Å². The molecule has 1 atom stereocenters. The second-order valence-corrected chi connectivity index (χ2v) is 7.40. The first-order valence-electron chi connectivity index (χ1n) is 8.72. The summed E-state index contributed by atoms with van der Waals surface area (Å²) in [6, 6.07) is 10.5. The largest absolute Gasteiger partial charge is 0.357 e. The second kappa shape index (κ2) is 11.1. The van der Waals surface area contributed by atoms with E-state index >= 15 is 0 Å². The number of benzene rings is 1. The van der Waals surface area contributed by atoms with Crippen LogP contribution in [-0.4, -0.2) is 57.8 Å². The third-order valence-electron chi connectivity index (χ3n) is 3.88. The molecule has 25 heavy (non-hydrogen) atoms. The lowest BCUT2D eigenvalue weighted by atomic mass is 10.1. The van der Waals surface area contributed by atoms with Crippen LogP contribution >= 0.6 is 0 Å². The minimum Gasteiger partial charge on any atom is -0.357 e. The number of aliphatic imine (C=N–C) groups is 1. The SMILES string of the molecule is CCNC(=NCC(c1ccccc1)N(CC)CC)NCCS(N)(=O)=O. The molecule has 1 unspecified atom stereocenters. The number of guanidine groups is 1. The van der Waals surface area contributed by atoms with Crippen molar-refractivity contribution in [1.29, 1.82) is 0 Å². The van der Waals surface area contributed by atoms with Gasteiger partial charge >= 0.3 is 0 Å². The van der Waals surface area contributed by atoms with Crippen molar-refractivity contribution in [3.63, 3.8) is 0 Å². The summed E-state index contributed by atoms with van der Waals surface area (Å²) in [6.45, 7) is 9.61. The molecule has 0 radical (unpaired) electrons. The summed E-state index contributed by atoms with van der Waals surface area (Å²) < 4.78 is 22.1. The number of nitrogens with one attached hydrogen (secondary N) is 2. The minimum absolute atomic E-state index is 0.129. The van der Waals surface area contributed by atoms with Crippen LogP contribution in [0, 0.1) is 0 Å². The quantitative estimate of drug-likeness (QED) is 0.420. The lowest BCUT2D eigenvalue weighted by molar-refractivity contribution is 0.224. The van der Waals surface area contributed by atoms with Crippen LogP contribution in [0.3, 0.4) is 0 Å². The Hall–Kier alpha value is -1.64. The maximum Gasteiger partial charge on any atom is 0.210 e. The van der Waals surface area contributed by atoms with E-state index in [1.807, 2.05) is 25.1 Å². The first-order chi connectivity index (χ1) is 11.9. The molecule has 0 bridgehead atoms. The number of nitrogens with zero attached hydrogens (tertiary/aromatic N) is 2. The van der Waals surface area contributed by atoms with Crippen molar-refractivity contribution >= 4 is 16.0 Å². The zero-order chi connectivity index (χ0) is 18.7. The van der Waals surface area contributed by atoms with Crippen molar-refractivity contribution < 1.29 is 8.42 Å². The van der Waals surface area contributed by atoms with E-state index < -0.39 is 10.0 Å². The van der Waals surface area contributed by atoms with Crippen LogP contribution in [0.25, 0.3) is 0 Å². The third kappa shape index (κ3) is 8.33. The standard InChI is InChI=1S/C17H31N5O2S/c1-4-19-17(20-12-13-25(18,23)24)21-14-16(22(5-2)6-3)15-10-8-7-9-11-15/h7-11,16H,4-6,12-14H2,1-3H3,(H2,18,23,24)(H2,19,20,21). The number of hydrogen-bond donors (Lipinski definition) is 3. The molecule has 0 aliphatic rings. The van der Waals surface area contributed by atoms with Gasteiger partial charge in [-0.3, -0.25) is 9.89 Å². The summed E-state index contributed by atoms with van der Waals surface area (Å²) in [4.78, 5) is 7.00. The third-order valence-corrected chi connectivity index (χ3v) is 4.66. The Bertz CT molecular complexity index is 615. The van der Waals surface area contributed by atoms with Crippen molar-refractivity contribution in [1.82, 2.24) is 15.5 Å². The van der Waals surface area contributed by atoms with E-state index in [4.69, 9.17) is 5.14 Å². The maximum atomic E-state index is 11.1. The Morgan fingerprint density at radius 2 is 1.80 bits per heavy atom. The topological polar surface area (TPSA) is 99.8 Å². The Morgan fingerprint density at radius 1 is 1.16 bits per heavy atom. The van der Waals surface area contributed by atoms with E-state index in [9.17, 15) is 8.42 Å². The highest BCUT2D eigenvalue weighted by Gasteiger charge is 2.17. The number of hydrogen-bond acceptors (Lipinski definition) is 4. The number of likely N-dealkylation sites (N-methyl/N-ethyl adjacent to an activating group) is 1. The molecule has 0 saturated carbocycles. The molecular weight excluding hydrogens is 338 g/mol. The summed E-state index contributed by atoms with van der Waals surface area (Å²) in [6.07, 6.45) is 0. The molecule has 1 aromatic rings. The Labute approximate surface area is 151 Å². The van der Waals surface area contributed by atoms with Gasteiger partial charge in [-0.05, 0) is 25.6 Å².